The molecule has 6 nitrogen and oxygen atoms in total. The highest BCUT2D eigenvalue weighted by Gasteiger charge is 2.40. The second kappa shape index (κ2) is 8.66. The summed E-state index contributed by atoms with van der Waals surface area (Å²) >= 11 is 0. The minimum atomic E-state index is 0.113. The number of hydrogen-bond acceptors (Lipinski definition) is 4. The fraction of sp³-hybridized carbons (Fsp3) is 0.708. The second-order valence-electron chi connectivity index (χ2n) is 9.72. The normalized spacial score (nSPS) is 25.9. The van der Waals surface area contributed by atoms with E-state index in [0.29, 0.717) is 36.4 Å². The van der Waals surface area contributed by atoms with Crippen molar-refractivity contribution in [1.82, 2.24) is 19.7 Å². The van der Waals surface area contributed by atoms with Crippen LogP contribution < -0.4 is 0 Å². The molecule has 0 radical (unpaired) electrons. The summed E-state index contributed by atoms with van der Waals surface area (Å²) in [6.07, 6.45) is 12.3. The van der Waals surface area contributed by atoms with Crippen LogP contribution >= 0.6 is 0 Å². The summed E-state index contributed by atoms with van der Waals surface area (Å²) < 4.78 is 0. The van der Waals surface area contributed by atoms with Gasteiger partial charge in [0.05, 0.1) is 5.92 Å². The van der Waals surface area contributed by atoms with E-state index >= 15 is 0 Å². The first kappa shape index (κ1) is 20.0. The molecule has 1 aromatic rings. The first-order valence-corrected chi connectivity index (χ1v) is 11.9. The minimum absolute atomic E-state index is 0.113. The molecule has 0 spiro atoms. The molecule has 0 aromatic carbocycles. The maximum absolute atomic E-state index is 13.5. The Hall–Kier alpha value is -1.95. The van der Waals surface area contributed by atoms with Crippen molar-refractivity contribution >= 4 is 11.8 Å². The largest absolute Gasteiger partial charge is 0.342 e. The maximum atomic E-state index is 13.5. The summed E-state index contributed by atoms with van der Waals surface area (Å²) in [6.45, 7) is 4.46. The Morgan fingerprint density at radius 1 is 1.00 bits per heavy atom. The maximum Gasteiger partial charge on any atom is 0.227 e. The number of carbonyl (C=O) groups excluding carboxylic acids is 2. The van der Waals surface area contributed by atoms with Crippen molar-refractivity contribution in [2.45, 2.75) is 70.0 Å². The van der Waals surface area contributed by atoms with Crippen LogP contribution in [0.15, 0.2) is 24.5 Å². The van der Waals surface area contributed by atoms with E-state index in [1.807, 2.05) is 12.3 Å². The molecule has 2 aliphatic carbocycles. The van der Waals surface area contributed by atoms with Crippen LogP contribution in [-0.4, -0.2) is 69.8 Å². The van der Waals surface area contributed by atoms with Gasteiger partial charge in [0.2, 0.25) is 11.8 Å². The lowest BCUT2D eigenvalue weighted by molar-refractivity contribution is -0.139. The van der Waals surface area contributed by atoms with Crippen molar-refractivity contribution in [3.05, 3.63) is 30.1 Å². The van der Waals surface area contributed by atoms with Gasteiger partial charge in [-0.05, 0) is 69.5 Å². The fourth-order valence-electron chi connectivity index (χ4n) is 5.28. The van der Waals surface area contributed by atoms with Crippen LogP contribution in [0, 0.1) is 11.8 Å². The van der Waals surface area contributed by atoms with Crippen molar-refractivity contribution in [1.29, 1.82) is 0 Å². The first-order valence-electron chi connectivity index (χ1n) is 11.9. The van der Waals surface area contributed by atoms with Gasteiger partial charge in [-0.3, -0.25) is 19.5 Å². The molecule has 2 aliphatic heterocycles. The van der Waals surface area contributed by atoms with Gasteiger partial charge in [0.1, 0.15) is 0 Å². The highest BCUT2D eigenvalue weighted by atomic mass is 16.2. The Balaban J connectivity index is 1.17. The van der Waals surface area contributed by atoms with Crippen molar-refractivity contribution in [3.8, 4) is 0 Å². The average Bonchev–Trinajstić information content (AvgIpc) is 3.71. The van der Waals surface area contributed by atoms with Gasteiger partial charge < -0.3 is 9.80 Å². The van der Waals surface area contributed by atoms with Gasteiger partial charge in [-0.25, -0.2) is 0 Å². The Bertz CT molecular complexity index is 754. The monoisotopic (exact) mass is 410 g/mol. The number of likely N-dealkylation sites (tertiary alicyclic amines) is 2. The second-order valence-corrected chi connectivity index (χ2v) is 9.72. The van der Waals surface area contributed by atoms with Gasteiger partial charge in [-0.2, -0.15) is 0 Å². The van der Waals surface area contributed by atoms with Gasteiger partial charge in [-0.1, -0.05) is 6.07 Å². The molecule has 0 unspecified atom stereocenters. The minimum Gasteiger partial charge on any atom is -0.342 e. The Morgan fingerprint density at radius 3 is 2.47 bits per heavy atom. The molecule has 2 saturated carbocycles. The zero-order chi connectivity index (χ0) is 20.5. The summed E-state index contributed by atoms with van der Waals surface area (Å²) in [5, 5.41) is 0. The lowest BCUT2D eigenvalue weighted by Crippen LogP contribution is -2.52. The smallest absolute Gasteiger partial charge is 0.227 e. The van der Waals surface area contributed by atoms with Crippen molar-refractivity contribution in [3.63, 3.8) is 0 Å². The standard InChI is InChI=1S/C24H34N4O2/c29-23(19-5-6-19)26-13-9-21(10-14-26)27-12-2-4-20(17-27)24(30)28(22-7-8-22)16-18-3-1-11-25-15-18/h1,3,11,15,19-22H,2,4-10,12-14,16-17H2/t20-/m0/s1. The van der Waals surface area contributed by atoms with Crippen LogP contribution in [0.1, 0.15) is 56.9 Å². The quantitative estimate of drug-likeness (QED) is 0.724. The van der Waals surface area contributed by atoms with Gasteiger partial charge in [0, 0.05) is 56.6 Å². The van der Waals surface area contributed by atoms with Crippen LogP contribution in [0.2, 0.25) is 0 Å². The number of aromatic nitrogens is 1. The molecule has 4 aliphatic rings. The zero-order valence-electron chi connectivity index (χ0n) is 17.9. The number of rotatable bonds is 6. The van der Waals surface area contributed by atoms with E-state index in [2.05, 4.69) is 25.8 Å². The van der Waals surface area contributed by atoms with E-state index in [4.69, 9.17) is 0 Å². The summed E-state index contributed by atoms with van der Waals surface area (Å²) in [5.41, 5.74) is 1.12. The Kier molecular flexibility index (Phi) is 5.77. The van der Waals surface area contributed by atoms with Crippen LogP contribution in [0.5, 0.6) is 0 Å². The van der Waals surface area contributed by atoms with Crippen molar-refractivity contribution in [2.75, 3.05) is 26.2 Å². The number of carbonyl (C=O) groups is 2. The van der Waals surface area contributed by atoms with Crippen LogP contribution in [0.25, 0.3) is 0 Å². The van der Waals surface area contributed by atoms with Gasteiger partial charge >= 0.3 is 0 Å². The third-order valence-electron chi connectivity index (χ3n) is 7.37. The van der Waals surface area contributed by atoms with E-state index in [-0.39, 0.29) is 5.92 Å². The molecular formula is C24H34N4O2. The van der Waals surface area contributed by atoms with Crippen LogP contribution in [-0.2, 0) is 16.1 Å². The molecule has 1 aromatic heterocycles. The highest BCUT2D eigenvalue weighted by molar-refractivity contribution is 5.81. The lowest BCUT2D eigenvalue weighted by atomic mass is 9.92. The predicted molar refractivity (Wildman–Crippen MR) is 114 cm³/mol. The van der Waals surface area contributed by atoms with Crippen molar-refractivity contribution in [2.24, 2.45) is 11.8 Å². The molecule has 5 rings (SSSR count). The molecule has 0 bridgehead atoms. The number of amides is 2. The number of nitrogens with zero attached hydrogens (tertiary/aromatic N) is 4. The van der Waals surface area contributed by atoms with E-state index in [0.717, 1.165) is 83.1 Å². The molecule has 1 atom stereocenters. The third kappa shape index (κ3) is 4.53. The summed E-state index contributed by atoms with van der Waals surface area (Å²) in [7, 11) is 0. The molecule has 162 valence electrons. The third-order valence-corrected chi connectivity index (χ3v) is 7.37. The molecule has 2 amide bonds. The van der Waals surface area contributed by atoms with Crippen LogP contribution in [0.4, 0.5) is 0 Å². The van der Waals surface area contributed by atoms with E-state index in [1.54, 1.807) is 6.20 Å². The molecule has 4 fully saturated rings. The van der Waals surface area contributed by atoms with E-state index in [1.165, 1.54) is 0 Å². The molecule has 6 heteroatoms. The topological polar surface area (TPSA) is 56.8 Å². The molecule has 0 N–H and O–H groups in total. The predicted octanol–water partition coefficient (Wildman–Crippen LogP) is 2.69. The van der Waals surface area contributed by atoms with E-state index in [9.17, 15) is 9.59 Å². The Labute approximate surface area is 179 Å². The average molecular weight is 411 g/mol. The first-order chi connectivity index (χ1) is 14.7. The van der Waals surface area contributed by atoms with Gasteiger partial charge in [0.15, 0.2) is 0 Å². The number of piperidine rings is 2. The Morgan fingerprint density at radius 2 is 1.80 bits per heavy atom. The number of hydrogen-bond donors (Lipinski definition) is 0. The molecule has 2 saturated heterocycles. The molecule has 3 heterocycles. The summed E-state index contributed by atoms with van der Waals surface area (Å²) in [4.78, 5) is 36.8. The number of pyridine rings is 1. The zero-order valence-corrected chi connectivity index (χ0v) is 17.9. The molecular weight excluding hydrogens is 376 g/mol. The van der Waals surface area contributed by atoms with E-state index < -0.39 is 0 Å². The van der Waals surface area contributed by atoms with Crippen molar-refractivity contribution < 1.29 is 9.59 Å². The molecule has 30 heavy (non-hydrogen) atoms. The summed E-state index contributed by atoms with van der Waals surface area (Å²) in [5.74, 6) is 1.16. The van der Waals surface area contributed by atoms with Gasteiger partial charge in [0.25, 0.3) is 0 Å². The van der Waals surface area contributed by atoms with Crippen LogP contribution in [0.3, 0.4) is 0 Å². The fourth-order valence-corrected chi connectivity index (χ4v) is 5.28. The van der Waals surface area contributed by atoms with Gasteiger partial charge in [-0.15, -0.1) is 0 Å². The highest BCUT2D eigenvalue weighted by Crippen LogP contribution is 2.34. The summed E-state index contributed by atoms with van der Waals surface area (Å²) in [6, 6.07) is 4.97. The lowest BCUT2D eigenvalue weighted by Gasteiger charge is -2.42. The SMILES string of the molecule is O=C(C1CC1)N1CCC(N2CCC[C@H](C(=O)N(Cc3cccnc3)C3CC3)C2)CC1.